The summed E-state index contributed by atoms with van der Waals surface area (Å²) in [6.07, 6.45) is 1.83. The third kappa shape index (κ3) is 8.26. The Balaban J connectivity index is 0.00000484. The van der Waals surface area contributed by atoms with Crippen molar-refractivity contribution in [3.8, 4) is 11.5 Å². The third-order valence-electron chi connectivity index (χ3n) is 3.20. The van der Waals surface area contributed by atoms with Crippen molar-refractivity contribution in [3.05, 3.63) is 23.8 Å². The van der Waals surface area contributed by atoms with Crippen LogP contribution in [0.15, 0.2) is 23.2 Å². The summed E-state index contributed by atoms with van der Waals surface area (Å²) in [5, 5.41) is 6.53. The van der Waals surface area contributed by atoms with Crippen molar-refractivity contribution in [2.75, 3.05) is 48.1 Å². The number of halogens is 1. The smallest absolute Gasteiger partial charge is 0.190 e. The molecule has 132 valence electrons. The number of guanidine groups is 1. The van der Waals surface area contributed by atoms with Crippen LogP contribution in [0.3, 0.4) is 0 Å². The van der Waals surface area contributed by atoms with Crippen LogP contribution in [0.5, 0.6) is 11.5 Å². The normalized spacial score (nSPS) is 10.7. The Bertz CT molecular complexity index is 470. The summed E-state index contributed by atoms with van der Waals surface area (Å²) in [7, 11) is 6.75. The lowest BCUT2D eigenvalue weighted by Crippen LogP contribution is -2.39. The Morgan fingerprint density at radius 3 is 2.35 bits per heavy atom. The van der Waals surface area contributed by atoms with Crippen molar-refractivity contribution < 1.29 is 14.2 Å². The highest BCUT2D eigenvalue weighted by Gasteiger charge is 2.04. The molecule has 0 amide bonds. The van der Waals surface area contributed by atoms with Crippen LogP contribution in [0.4, 0.5) is 0 Å². The summed E-state index contributed by atoms with van der Waals surface area (Å²) >= 11 is 0. The van der Waals surface area contributed by atoms with Crippen LogP contribution in [0.1, 0.15) is 12.0 Å². The highest BCUT2D eigenvalue weighted by atomic mass is 127. The van der Waals surface area contributed by atoms with Gasteiger partial charge in [-0.05, 0) is 30.5 Å². The molecule has 2 N–H and O–H groups in total. The molecule has 0 atom stereocenters. The number of rotatable bonds is 9. The fourth-order valence-corrected chi connectivity index (χ4v) is 2.01. The van der Waals surface area contributed by atoms with Crippen LogP contribution in [-0.2, 0) is 11.2 Å². The molecule has 1 aromatic rings. The standard InChI is InChI=1S/C16H27N3O3.HI/c1-17-16(18-9-5-11-20-2)19-10-8-13-6-7-14(21-3)15(12-13)22-4;/h6-7,12H,5,8-11H2,1-4H3,(H2,17,18,19);1H. The largest absolute Gasteiger partial charge is 0.493 e. The van der Waals surface area contributed by atoms with E-state index >= 15 is 0 Å². The van der Waals surface area contributed by atoms with Gasteiger partial charge in [0.25, 0.3) is 0 Å². The molecule has 0 aromatic heterocycles. The summed E-state index contributed by atoms with van der Waals surface area (Å²) in [5.74, 6) is 2.30. The molecule has 0 bridgehead atoms. The second-order valence-corrected chi connectivity index (χ2v) is 4.71. The highest BCUT2D eigenvalue weighted by molar-refractivity contribution is 14.0. The maximum atomic E-state index is 5.31. The van der Waals surface area contributed by atoms with E-state index in [4.69, 9.17) is 14.2 Å². The van der Waals surface area contributed by atoms with E-state index in [9.17, 15) is 0 Å². The lowest BCUT2D eigenvalue weighted by molar-refractivity contribution is 0.195. The van der Waals surface area contributed by atoms with Crippen molar-refractivity contribution in [1.82, 2.24) is 10.6 Å². The number of aliphatic imine (C=N–C) groups is 1. The molecule has 0 fully saturated rings. The van der Waals surface area contributed by atoms with Gasteiger partial charge in [-0.1, -0.05) is 6.07 Å². The van der Waals surface area contributed by atoms with Crippen LogP contribution in [-0.4, -0.2) is 54.0 Å². The Hall–Kier alpha value is -1.22. The summed E-state index contributed by atoms with van der Waals surface area (Å²) in [6, 6.07) is 5.96. The molecule has 0 unspecified atom stereocenters. The SMILES string of the molecule is CN=C(NCCCOC)NCCc1ccc(OC)c(OC)c1.I. The fraction of sp³-hybridized carbons (Fsp3) is 0.562. The topological polar surface area (TPSA) is 64.1 Å². The Morgan fingerprint density at radius 2 is 1.74 bits per heavy atom. The second-order valence-electron chi connectivity index (χ2n) is 4.71. The predicted molar refractivity (Wildman–Crippen MR) is 105 cm³/mol. The van der Waals surface area contributed by atoms with Gasteiger partial charge in [0.2, 0.25) is 0 Å². The van der Waals surface area contributed by atoms with Crippen LogP contribution < -0.4 is 20.1 Å². The number of nitrogens with zero attached hydrogens (tertiary/aromatic N) is 1. The number of ether oxygens (including phenoxy) is 3. The first-order valence-electron chi connectivity index (χ1n) is 7.39. The van der Waals surface area contributed by atoms with Crippen LogP contribution in [0, 0.1) is 0 Å². The Kier molecular flexibility index (Phi) is 12.5. The summed E-state index contributed by atoms with van der Waals surface area (Å²) in [5.41, 5.74) is 1.18. The van der Waals surface area contributed by atoms with Crippen LogP contribution >= 0.6 is 24.0 Å². The van der Waals surface area contributed by atoms with Crippen molar-refractivity contribution >= 4 is 29.9 Å². The second kappa shape index (κ2) is 13.2. The molecule has 0 aliphatic heterocycles. The van der Waals surface area contributed by atoms with Crippen molar-refractivity contribution in [3.63, 3.8) is 0 Å². The van der Waals surface area contributed by atoms with E-state index in [0.29, 0.717) is 0 Å². The Morgan fingerprint density at radius 1 is 1.04 bits per heavy atom. The number of benzene rings is 1. The molecule has 0 saturated heterocycles. The molecule has 0 heterocycles. The van der Waals surface area contributed by atoms with Gasteiger partial charge < -0.3 is 24.8 Å². The fourth-order valence-electron chi connectivity index (χ4n) is 2.01. The summed E-state index contributed by atoms with van der Waals surface area (Å²) in [4.78, 5) is 4.19. The van der Waals surface area contributed by atoms with Gasteiger partial charge in [0.15, 0.2) is 17.5 Å². The van der Waals surface area contributed by atoms with E-state index < -0.39 is 0 Å². The van der Waals surface area contributed by atoms with Gasteiger partial charge in [-0.25, -0.2) is 0 Å². The lowest BCUT2D eigenvalue weighted by atomic mass is 10.1. The van der Waals surface area contributed by atoms with E-state index in [-0.39, 0.29) is 24.0 Å². The number of nitrogens with one attached hydrogen (secondary N) is 2. The van der Waals surface area contributed by atoms with Gasteiger partial charge in [0.1, 0.15) is 0 Å². The minimum Gasteiger partial charge on any atom is -0.493 e. The zero-order valence-electron chi connectivity index (χ0n) is 14.3. The average molecular weight is 437 g/mol. The zero-order chi connectivity index (χ0) is 16.2. The van der Waals surface area contributed by atoms with Gasteiger partial charge in [-0.2, -0.15) is 0 Å². The summed E-state index contributed by atoms with van der Waals surface area (Å²) < 4.78 is 15.6. The quantitative estimate of drug-likeness (QED) is 0.268. The molecule has 7 heteroatoms. The van der Waals surface area contributed by atoms with E-state index in [1.54, 1.807) is 28.4 Å². The van der Waals surface area contributed by atoms with Crippen LogP contribution in [0.2, 0.25) is 0 Å². The first kappa shape index (κ1) is 21.8. The molecule has 23 heavy (non-hydrogen) atoms. The van der Waals surface area contributed by atoms with E-state index in [2.05, 4.69) is 15.6 Å². The highest BCUT2D eigenvalue weighted by Crippen LogP contribution is 2.27. The molecule has 0 radical (unpaired) electrons. The van der Waals surface area contributed by atoms with E-state index in [0.717, 1.165) is 50.0 Å². The molecule has 0 spiro atoms. The molecular formula is C16H28IN3O3. The minimum atomic E-state index is 0. The predicted octanol–water partition coefficient (Wildman–Crippen LogP) is 2.07. The van der Waals surface area contributed by atoms with E-state index in [1.807, 2.05) is 18.2 Å². The number of hydrogen-bond donors (Lipinski definition) is 2. The number of hydrogen-bond acceptors (Lipinski definition) is 4. The van der Waals surface area contributed by atoms with Crippen molar-refractivity contribution in [1.29, 1.82) is 0 Å². The minimum absolute atomic E-state index is 0. The maximum absolute atomic E-state index is 5.31. The van der Waals surface area contributed by atoms with Gasteiger partial charge in [0, 0.05) is 33.9 Å². The first-order chi connectivity index (χ1) is 10.7. The molecule has 6 nitrogen and oxygen atoms in total. The van der Waals surface area contributed by atoms with Gasteiger partial charge in [-0.15, -0.1) is 24.0 Å². The molecule has 0 aliphatic rings. The monoisotopic (exact) mass is 437 g/mol. The van der Waals surface area contributed by atoms with Crippen LogP contribution in [0.25, 0.3) is 0 Å². The maximum Gasteiger partial charge on any atom is 0.190 e. The first-order valence-corrected chi connectivity index (χ1v) is 7.39. The lowest BCUT2D eigenvalue weighted by Gasteiger charge is -2.13. The average Bonchev–Trinajstić information content (AvgIpc) is 2.56. The number of methoxy groups -OCH3 is 3. The van der Waals surface area contributed by atoms with Gasteiger partial charge in [-0.3, -0.25) is 4.99 Å². The molecule has 1 aromatic carbocycles. The van der Waals surface area contributed by atoms with E-state index in [1.165, 1.54) is 5.56 Å². The summed E-state index contributed by atoms with van der Waals surface area (Å²) in [6.45, 7) is 2.37. The Labute approximate surface area is 156 Å². The molecule has 0 saturated carbocycles. The molecule has 1 rings (SSSR count). The third-order valence-corrected chi connectivity index (χ3v) is 3.20. The zero-order valence-corrected chi connectivity index (χ0v) is 16.7. The molecular weight excluding hydrogens is 409 g/mol. The van der Waals surface area contributed by atoms with Gasteiger partial charge in [0.05, 0.1) is 14.2 Å². The molecule has 0 aliphatic carbocycles. The van der Waals surface area contributed by atoms with Gasteiger partial charge >= 0.3 is 0 Å². The van der Waals surface area contributed by atoms with Crippen molar-refractivity contribution in [2.24, 2.45) is 4.99 Å². The van der Waals surface area contributed by atoms with Crippen molar-refractivity contribution in [2.45, 2.75) is 12.8 Å².